The number of amides is 1. The van der Waals surface area contributed by atoms with E-state index in [9.17, 15) is 4.79 Å². The Morgan fingerprint density at radius 2 is 1.74 bits per heavy atom. The molecular formula is C25H21N3O6S. The second kappa shape index (κ2) is 9.98. The zero-order chi connectivity index (χ0) is 24.2. The lowest BCUT2D eigenvalue weighted by Crippen LogP contribution is -2.12. The van der Waals surface area contributed by atoms with Gasteiger partial charge in [-0.1, -0.05) is 0 Å². The molecule has 0 spiro atoms. The maximum atomic E-state index is 12.6. The molecule has 0 radical (unpaired) electrons. The number of fused-ring (bicyclic) bond motifs is 1. The minimum absolute atomic E-state index is 0.212. The lowest BCUT2D eigenvalue weighted by Gasteiger charge is -2.10. The fourth-order valence-electron chi connectivity index (χ4n) is 3.42. The van der Waals surface area contributed by atoms with E-state index >= 15 is 0 Å². The minimum Gasteiger partial charge on any atom is -0.493 e. The van der Waals surface area contributed by atoms with E-state index in [1.165, 1.54) is 7.11 Å². The van der Waals surface area contributed by atoms with Crippen molar-refractivity contribution in [2.45, 2.75) is 10.6 Å². The SMILES string of the molecule is COc1ccc(C(=O)Nc2ccc(SCc3nnc(-c4ccc5c(c4)OCO5)o3)cc2)cc1OC. The molecule has 2 heterocycles. The monoisotopic (exact) mass is 491 g/mol. The summed E-state index contributed by atoms with van der Waals surface area (Å²) in [6.45, 7) is 0.212. The Morgan fingerprint density at radius 3 is 2.54 bits per heavy atom. The van der Waals surface area contributed by atoms with Gasteiger partial charge in [0, 0.05) is 21.7 Å². The first-order chi connectivity index (χ1) is 17.1. The maximum Gasteiger partial charge on any atom is 0.255 e. The zero-order valence-electron chi connectivity index (χ0n) is 18.9. The number of methoxy groups -OCH3 is 2. The van der Waals surface area contributed by atoms with E-state index in [0.717, 1.165) is 10.5 Å². The van der Waals surface area contributed by atoms with Crippen LogP contribution in [-0.4, -0.2) is 37.1 Å². The third kappa shape index (κ3) is 5.02. The molecule has 0 unspecified atom stereocenters. The molecule has 10 heteroatoms. The molecule has 9 nitrogen and oxygen atoms in total. The Balaban J connectivity index is 1.18. The van der Waals surface area contributed by atoms with E-state index < -0.39 is 0 Å². The predicted octanol–water partition coefficient (Wildman–Crippen LogP) is 5.03. The van der Waals surface area contributed by atoms with E-state index in [2.05, 4.69) is 15.5 Å². The Kier molecular flexibility index (Phi) is 6.44. The van der Waals surface area contributed by atoms with Gasteiger partial charge in [-0.2, -0.15) is 0 Å². The van der Waals surface area contributed by atoms with Gasteiger partial charge in [0.25, 0.3) is 5.91 Å². The molecule has 0 aliphatic carbocycles. The Morgan fingerprint density at radius 1 is 0.943 bits per heavy atom. The summed E-state index contributed by atoms with van der Waals surface area (Å²) in [5.74, 6) is 3.62. The third-order valence-electron chi connectivity index (χ3n) is 5.21. The summed E-state index contributed by atoms with van der Waals surface area (Å²) >= 11 is 1.55. The molecule has 1 N–H and O–H groups in total. The second-order valence-electron chi connectivity index (χ2n) is 7.41. The molecule has 0 atom stereocenters. The maximum absolute atomic E-state index is 12.6. The van der Waals surface area contributed by atoms with Crippen LogP contribution >= 0.6 is 11.8 Å². The summed E-state index contributed by atoms with van der Waals surface area (Å²) in [4.78, 5) is 13.6. The number of thioether (sulfide) groups is 1. The molecule has 1 amide bonds. The largest absolute Gasteiger partial charge is 0.493 e. The van der Waals surface area contributed by atoms with Gasteiger partial charge in [0.2, 0.25) is 18.6 Å². The van der Waals surface area contributed by atoms with E-state index in [1.54, 1.807) is 37.1 Å². The van der Waals surface area contributed by atoms with Gasteiger partial charge in [0.05, 0.1) is 20.0 Å². The number of nitrogens with zero attached hydrogens (tertiary/aromatic N) is 2. The van der Waals surface area contributed by atoms with E-state index in [1.807, 2.05) is 42.5 Å². The number of hydrogen-bond donors (Lipinski definition) is 1. The molecule has 178 valence electrons. The Bertz CT molecular complexity index is 1360. The number of rotatable bonds is 8. The number of hydrogen-bond acceptors (Lipinski definition) is 9. The number of benzene rings is 3. The van der Waals surface area contributed by atoms with Gasteiger partial charge in [-0.05, 0) is 60.7 Å². The van der Waals surface area contributed by atoms with Crippen molar-refractivity contribution in [2.75, 3.05) is 26.3 Å². The number of ether oxygens (including phenoxy) is 4. The second-order valence-corrected chi connectivity index (χ2v) is 8.45. The molecule has 3 aromatic carbocycles. The zero-order valence-corrected chi connectivity index (χ0v) is 19.8. The molecular weight excluding hydrogens is 470 g/mol. The molecule has 0 saturated heterocycles. The van der Waals surface area contributed by atoms with Gasteiger partial charge >= 0.3 is 0 Å². The average Bonchev–Trinajstić information content (AvgIpc) is 3.57. The fourth-order valence-corrected chi connectivity index (χ4v) is 4.15. The topological polar surface area (TPSA) is 105 Å². The van der Waals surface area contributed by atoms with Crippen molar-refractivity contribution in [2.24, 2.45) is 0 Å². The van der Waals surface area contributed by atoms with Crippen LogP contribution in [0.1, 0.15) is 16.2 Å². The van der Waals surface area contributed by atoms with Crippen molar-refractivity contribution < 1.29 is 28.2 Å². The van der Waals surface area contributed by atoms with Crippen molar-refractivity contribution in [1.82, 2.24) is 10.2 Å². The molecule has 0 saturated carbocycles. The molecule has 1 aliphatic rings. The third-order valence-corrected chi connectivity index (χ3v) is 6.20. The number of carbonyl (C=O) groups is 1. The highest BCUT2D eigenvalue weighted by molar-refractivity contribution is 7.98. The average molecular weight is 492 g/mol. The van der Waals surface area contributed by atoms with Crippen LogP contribution in [0.3, 0.4) is 0 Å². The van der Waals surface area contributed by atoms with Crippen molar-refractivity contribution in [1.29, 1.82) is 0 Å². The number of anilines is 1. The smallest absolute Gasteiger partial charge is 0.255 e. The summed E-state index contributed by atoms with van der Waals surface area (Å²) in [6, 6.07) is 18.0. The van der Waals surface area contributed by atoms with Gasteiger partial charge in [-0.15, -0.1) is 22.0 Å². The summed E-state index contributed by atoms with van der Waals surface area (Å²) < 4.78 is 27.0. The molecule has 1 aromatic heterocycles. The van der Waals surface area contributed by atoms with Crippen LogP contribution in [0.25, 0.3) is 11.5 Å². The summed E-state index contributed by atoms with van der Waals surface area (Å²) in [5, 5.41) is 11.1. The van der Waals surface area contributed by atoms with E-state index in [0.29, 0.717) is 51.8 Å². The first-order valence-electron chi connectivity index (χ1n) is 10.6. The van der Waals surface area contributed by atoms with Gasteiger partial charge < -0.3 is 28.7 Å². The molecule has 5 rings (SSSR count). The van der Waals surface area contributed by atoms with Crippen molar-refractivity contribution in [3.8, 4) is 34.5 Å². The lowest BCUT2D eigenvalue weighted by molar-refractivity contribution is 0.102. The first-order valence-corrected chi connectivity index (χ1v) is 11.6. The molecule has 1 aliphatic heterocycles. The van der Waals surface area contributed by atoms with Gasteiger partial charge in [-0.3, -0.25) is 4.79 Å². The van der Waals surface area contributed by atoms with Gasteiger partial charge in [0.1, 0.15) is 0 Å². The predicted molar refractivity (Wildman–Crippen MR) is 129 cm³/mol. The Labute approximate surface area is 205 Å². The fraction of sp³-hybridized carbons (Fsp3) is 0.160. The summed E-state index contributed by atoms with van der Waals surface area (Å²) in [7, 11) is 3.08. The normalized spacial score (nSPS) is 11.8. The van der Waals surface area contributed by atoms with Crippen molar-refractivity contribution >= 4 is 23.4 Å². The molecule has 35 heavy (non-hydrogen) atoms. The van der Waals surface area contributed by atoms with Gasteiger partial charge in [-0.25, -0.2) is 0 Å². The first kappa shape index (κ1) is 22.6. The van der Waals surface area contributed by atoms with Crippen LogP contribution < -0.4 is 24.3 Å². The summed E-state index contributed by atoms with van der Waals surface area (Å²) in [5.41, 5.74) is 1.92. The Hall–Kier alpha value is -4.18. The molecule has 4 aromatic rings. The van der Waals surface area contributed by atoms with E-state index in [4.69, 9.17) is 23.4 Å². The lowest BCUT2D eigenvalue weighted by atomic mass is 10.2. The highest BCUT2D eigenvalue weighted by Gasteiger charge is 2.17. The van der Waals surface area contributed by atoms with Crippen LogP contribution in [0, 0.1) is 0 Å². The molecule has 0 fully saturated rings. The number of nitrogens with one attached hydrogen (secondary N) is 1. The van der Waals surface area contributed by atoms with Crippen LogP contribution in [0.2, 0.25) is 0 Å². The van der Waals surface area contributed by atoms with Gasteiger partial charge in [0.15, 0.2) is 23.0 Å². The quantitative estimate of drug-likeness (QED) is 0.340. The highest BCUT2D eigenvalue weighted by atomic mass is 32.2. The van der Waals surface area contributed by atoms with Crippen LogP contribution in [0.4, 0.5) is 5.69 Å². The van der Waals surface area contributed by atoms with Crippen LogP contribution in [0.15, 0.2) is 70.0 Å². The number of carbonyl (C=O) groups excluding carboxylic acids is 1. The van der Waals surface area contributed by atoms with Crippen molar-refractivity contribution in [3.05, 3.63) is 72.1 Å². The van der Waals surface area contributed by atoms with Crippen molar-refractivity contribution in [3.63, 3.8) is 0 Å². The van der Waals surface area contributed by atoms with Crippen LogP contribution in [-0.2, 0) is 5.75 Å². The summed E-state index contributed by atoms with van der Waals surface area (Å²) in [6.07, 6.45) is 0. The standard InChI is InChI=1S/C25H21N3O6S/c1-30-19-9-3-15(11-21(19)31-2)24(29)26-17-5-7-18(8-6-17)35-13-23-27-28-25(34-23)16-4-10-20-22(12-16)33-14-32-20/h3-12H,13-14H2,1-2H3,(H,26,29). The van der Waals surface area contributed by atoms with E-state index in [-0.39, 0.29) is 12.7 Å². The molecule has 0 bridgehead atoms. The van der Waals surface area contributed by atoms with Crippen LogP contribution in [0.5, 0.6) is 23.0 Å². The minimum atomic E-state index is -0.242. The number of aromatic nitrogens is 2. The highest BCUT2D eigenvalue weighted by Crippen LogP contribution is 2.36.